The first kappa shape index (κ1) is 18.7. The van der Waals surface area contributed by atoms with Gasteiger partial charge >= 0.3 is 0 Å². The van der Waals surface area contributed by atoms with Crippen LogP contribution in [0.2, 0.25) is 0 Å². The van der Waals surface area contributed by atoms with Crippen molar-refractivity contribution in [3.8, 4) is 0 Å². The van der Waals surface area contributed by atoms with Crippen molar-refractivity contribution in [1.29, 1.82) is 0 Å². The van der Waals surface area contributed by atoms with E-state index in [4.69, 9.17) is 0 Å². The third-order valence-corrected chi connectivity index (χ3v) is 7.89. The molecule has 7 heteroatoms. The second kappa shape index (κ2) is 7.80. The summed E-state index contributed by atoms with van der Waals surface area (Å²) in [4.78, 5) is 17.5. The van der Waals surface area contributed by atoms with Gasteiger partial charge < -0.3 is 9.80 Å². The Kier molecular flexibility index (Phi) is 5.41. The van der Waals surface area contributed by atoms with Crippen molar-refractivity contribution in [2.45, 2.75) is 49.8 Å². The van der Waals surface area contributed by atoms with E-state index in [2.05, 4.69) is 4.90 Å². The maximum Gasteiger partial charge on any atom is 0.256 e. The second-order valence-corrected chi connectivity index (χ2v) is 9.78. The number of hydrogen-bond acceptors (Lipinski definition) is 4. The maximum atomic E-state index is 13.2. The molecule has 0 unspecified atom stereocenters. The summed E-state index contributed by atoms with van der Waals surface area (Å²) in [5.41, 5.74) is 1.44. The number of sulfonamides is 1. The molecule has 148 valence electrons. The number of benzene rings is 1. The highest BCUT2D eigenvalue weighted by Crippen LogP contribution is 2.31. The fourth-order valence-electron chi connectivity index (χ4n) is 4.43. The van der Waals surface area contributed by atoms with Crippen LogP contribution < -0.4 is 4.90 Å². The third-order valence-electron chi connectivity index (χ3n) is 5.99. The molecule has 1 amide bonds. The number of anilines is 1. The Bertz CT molecular complexity index is 791. The van der Waals surface area contributed by atoms with E-state index in [-0.39, 0.29) is 10.8 Å². The summed E-state index contributed by atoms with van der Waals surface area (Å²) in [7, 11) is -3.54. The molecule has 0 aromatic heterocycles. The first-order chi connectivity index (χ1) is 13.1. The van der Waals surface area contributed by atoms with Crippen molar-refractivity contribution in [3.05, 3.63) is 23.8 Å². The maximum absolute atomic E-state index is 13.2. The van der Waals surface area contributed by atoms with Gasteiger partial charge in [0.25, 0.3) is 5.91 Å². The van der Waals surface area contributed by atoms with Crippen molar-refractivity contribution < 1.29 is 13.2 Å². The number of nitrogens with zero attached hydrogens (tertiary/aromatic N) is 3. The second-order valence-electron chi connectivity index (χ2n) is 7.84. The highest BCUT2D eigenvalue weighted by atomic mass is 32.2. The molecule has 3 saturated heterocycles. The van der Waals surface area contributed by atoms with Gasteiger partial charge in [-0.25, -0.2) is 8.42 Å². The van der Waals surface area contributed by atoms with Gasteiger partial charge in [-0.05, 0) is 56.7 Å². The molecule has 6 nitrogen and oxygen atoms in total. The van der Waals surface area contributed by atoms with Crippen LogP contribution in [0.4, 0.5) is 5.69 Å². The fourth-order valence-corrected chi connectivity index (χ4v) is 5.97. The normalized spacial score (nSPS) is 21.8. The molecular weight excluding hydrogens is 362 g/mol. The number of carbonyl (C=O) groups is 1. The van der Waals surface area contributed by atoms with Crippen LogP contribution in [0.1, 0.15) is 55.3 Å². The van der Waals surface area contributed by atoms with Crippen molar-refractivity contribution >= 4 is 21.6 Å². The van der Waals surface area contributed by atoms with Crippen LogP contribution in [-0.4, -0.2) is 62.8 Å². The highest BCUT2D eigenvalue weighted by molar-refractivity contribution is 7.89. The van der Waals surface area contributed by atoms with E-state index in [1.807, 2.05) is 11.0 Å². The Labute approximate surface area is 162 Å². The lowest BCUT2D eigenvalue weighted by Crippen LogP contribution is -2.36. The van der Waals surface area contributed by atoms with Gasteiger partial charge in [0.1, 0.15) is 0 Å². The highest BCUT2D eigenvalue weighted by Gasteiger charge is 2.30. The minimum atomic E-state index is -3.54. The first-order valence-corrected chi connectivity index (χ1v) is 11.7. The van der Waals surface area contributed by atoms with E-state index in [9.17, 15) is 13.2 Å². The van der Waals surface area contributed by atoms with Gasteiger partial charge in [-0.3, -0.25) is 4.79 Å². The fraction of sp³-hybridized carbons (Fsp3) is 0.650. The molecule has 3 fully saturated rings. The molecule has 3 aliphatic rings. The number of rotatable bonds is 4. The molecule has 3 aliphatic heterocycles. The zero-order valence-electron chi connectivity index (χ0n) is 15.9. The lowest BCUT2D eigenvalue weighted by molar-refractivity contribution is 0.0793. The Morgan fingerprint density at radius 3 is 2.04 bits per heavy atom. The lowest BCUT2D eigenvalue weighted by Gasteiger charge is -2.27. The molecule has 0 N–H and O–H groups in total. The molecule has 0 radical (unpaired) electrons. The van der Waals surface area contributed by atoms with Gasteiger partial charge in [0.2, 0.25) is 10.0 Å². The molecule has 27 heavy (non-hydrogen) atoms. The van der Waals surface area contributed by atoms with Crippen molar-refractivity contribution in [2.75, 3.05) is 44.2 Å². The molecule has 0 spiro atoms. The number of piperidine rings is 1. The summed E-state index contributed by atoms with van der Waals surface area (Å²) < 4.78 is 27.8. The van der Waals surface area contributed by atoms with E-state index in [1.54, 1.807) is 16.4 Å². The molecule has 4 rings (SSSR count). The summed E-state index contributed by atoms with van der Waals surface area (Å²) in [6.07, 6.45) is 7.18. The van der Waals surface area contributed by atoms with Crippen LogP contribution >= 0.6 is 0 Å². The summed E-state index contributed by atoms with van der Waals surface area (Å²) in [5, 5.41) is 0. The smallest absolute Gasteiger partial charge is 0.256 e. The zero-order chi connectivity index (χ0) is 18.9. The summed E-state index contributed by atoms with van der Waals surface area (Å²) in [6.45, 7) is 4.54. The van der Waals surface area contributed by atoms with Crippen molar-refractivity contribution in [3.63, 3.8) is 0 Å². The molecule has 3 heterocycles. The van der Waals surface area contributed by atoms with Crippen LogP contribution in [0.3, 0.4) is 0 Å². The summed E-state index contributed by atoms with van der Waals surface area (Å²) >= 11 is 0. The molecule has 0 atom stereocenters. The molecule has 1 aromatic rings. The van der Waals surface area contributed by atoms with Gasteiger partial charge in [0, 0.05) is 45.0 Å². The summed E-state index contributed by atoms with van der Waals surface area (Å²) in [6, 6.07) is 5.18. The van der Waals surface area contributed by atoms with E-state index < -0.39 is 10.0 Å². The molecule has 0 bridgehead atoms. The largest absolute Gasteiger partial charge is 0.371 e. The summed E-state index contributed by atoms with van der Waals surface area (Å²) in [5.74, 6) is -0.0231. The van der Waals surface area contributed by atoms with E-state index in [0.717, 1.165) is 76.8 Å². The number of amides is 1. The minimum Gasteiger partial charge on any atom is -0.371 e. The number of carbonyl (C=O) groups excluding carboxylic acids is 1. The quantitative estimate of drug-likeness (QED) is 0.792. The number of hydrogen-bond donors (Lipinski definition) is 0. The first-order valence-electron chi connectivity index (χ1n) is 10.3. The number of likely N-dealkylation sites (tertiary alicyclic amines) is 1. The average molecular weight is 392 g/mol. The average Bonchev–Trinajstić information content (AvgIpc) is 3.41. The van der Waals surface area contributed by atoms with Gasteiger partial charge in [-0.15, -0.1) is 0 Å². The van der Waals surface area contributed by atoms with Crippen LogP contribution in [0, 0.1) is 0 Å². The van der Waals surface area contributed by atoms with E-state index in [0.29, 0.717) is 18.7 Å². The van der Waals surface area contributed by atoms with Crippen molar-refractivity contribution in [1.82, 2.24) is 9.21 Å². The minimum absolute atomic E-state index is 0.0231. The Morgan fingerprint density at radius 1 is 0.778 bits per heavy atom. The monoisotopic (exact) mass is 391 g/mol. The van der Waals surface area contributed by atoms with Crippen LogP contribution in [0.5, 0.6) is 0 Å². The Hall–Kier alpha value is -1.60. The zero-order valence-corrected chi connectivity index (χ0v) is 16.7. The predicted octanol–water partition coefficient (Wildman–Crippen LogP) is 2.70. The standard InChI is InChI=1S/C20H29N3O3S/c24-20(22-12-6-7-13-22)18-16-17(8-9-19(18)21-10-4-5-11-21)27(25,26)23-14-2-1-3-15-23/h8-9,16H,1-7,10-15H2. The molecule has 0 saturated carbocycles. The van der Waals surface area contributed by atoms with Gasteiger partial charge in [0.15, 0.2) is 0 Å². The van der Waals surface area contributed by atoms with Gasteiger partial charge in [-0.2, -0.15) is 4.31 Å². The lowest BCUT2D eigenvalue weighted by atomic mass is 10.1. The Balaban J connectivity index is 1.71. The van der Waals surface area contributed by atoms with Crippen LogP contribution in [-0.2, 0) is 10.0 Å². The SMILES string of the molecule is O=C(c1cc(S(=O)(=O)N2CCCCC2)ccc1N1CCCC1)N1CCCC1. The van der Waals surface area contributed by atoms with Gasteiger partial charge in [-0.1, -0.05) is 6.42 Å². The van der Waals surface area contributed by atoms with E-state index in [1.165, 1.54) is 0 Å². The van der Waals surface area contributed by atoms with Gasteiger partial charge in [0.05, 0.1) is 10.5 Å². The predicted molar refractivity (Wildman–Crippen MR) is 106 cm³/mol. The van der Waals surface area contributed by atoms with Crippen molar-refractivity contribution in [2.24, 2.45) is 0 Å². The van der Waals surface area contributed by atoms with Crippen LogP contribution in [0.25, 0.3) is 0 Å². The molecule has 0 aliphatic carbocycles. The topological polar surface area (TPSA) is 60.9 Å². The van der Waals surface area contributed by atoms with Crippen LogP contribution in [0.15, 0.2) is 23.1 Å². The molecular formula is C20H29N3O3S. The molecule has 1 aromatic carbocycles. The Morgan fingerprint density at radius 2 is 1.37 bits per heavy atom. The third kappa shape index (κ3) is 3.72. The van der Waals surface area contributed by atoms with E-state index >= 15 is 0 Å².